The average molecular weight is 309 g/mol. The van der Waals surface area contributed by atoms with E-state index < -0.39 is 21.8 Å². The van der Waals surface area contributed by atoms with Gasteiger partial charge in [0.05, 0.1) is 16.8 Å². The van der Waals surface area contributed by atoms with E-state index in [-0.39, 0.29) is 17.1 Å². The number of nitrogen functional groups attached to an aromatic ring is 1. The van der Waals surface area contributed by atoms with Gasteiger partial charge in [-0.25, -0.2) is 13.4 Å². The Balaban J connectivity index is 2.34. The second kappa shape index (κ2) is 6.17. The second-order valence-electron chi connectivity index (χ2n) is 4.65. The molecule has 7 heteroatoms. The first-order valence-corrected chi connectivity index (χ1v) is 7.98. The molecule has 1 unspecified atom stereocenters. The normalized spacial score (nSPS) is 13.0. The van der Waals surface area contributed by atoms with E-state index in [1.165, 1.54) is 31.5 Å². The highest BCUT2D eigenvalue weighted by Gasteiger charge is 2.23. The van der Waals surface area contributed by atoms with E-state index in [0.29, 0.717) is 11.3 Å². The van der Waals surface area contributed by atoms with E-state index >= 15 is 0 Å². The zero-order valence-corrected chi connectivity index (χ0v) is 12.3. The fraction of sp³-hybridized carbons (Fsp3) is 0.286. The maximum atomic E-state index is 12.3. The van der Waals surface area contributed by atoms with Crippen LogP contribution in [0.15, 0.2) is 41.6 Å². The van der Waals surface area contributed by atoms with Crippen molar-refractivity contribution in [1.82, 2.24) is 9.97 Å². The van der Waals surface area contributed by atoms with Crippen LogP contribution in [0.3, 0.4) is 0 Å². The van der Waals surface area contributed by atoms with Crippen molar-refractivity contribution in [1.29, 1.82) is 0 Å². The molecule has 0 saturated heterocycles. The number of nitrogens with zero attached hydrogens (tertiary/aromatic N) is 2. The van der Waals surface area contributed by atoms with Crippen molar-refractivity contribution in [2.45, 2.75) is 23.5 Å². The standard InChI is InChI=1S/C14H16FN3O2S/c1-10(6-7-15)21(19,20)12-4-2-11(3-5-12)13-14(16)18-9-8-17-13/h2-5,8-10H,6-7H2,1H3,(H2,16,18). The second-order valence-corrected chi connectivity index (χ2v) is 7.01. The summed E-state index contributed by atoms with van der Waals surface area (Å²) in [6.07, 6.45) is 2.98. The highest BCUT2D eigenvalue weighted by Crippen LogP contribution is 2.25. The molecule has 112 valence electrons. The minimum atomic E-state index is -3.52. The Morgan fingerprint density at radius 1 is 1.19 bits per heavy atom. The highest BCUT2D eigenvalue weighted by molar-refractivity contribution is 7.92. The van der Waals surface area contributed by atoms with Crippen LogP contribution >= 0.6 is 0 Å². The molecule has 1 aromatic heterocycles. The van der Waals surface area contributed by atoms with Gasteiger partial charge in [0, 0.05) is 18.0 Å². The zero-order chi connectivity index (χ0) is 15.5. The third-order valence-corrected chi connectivity index (χ3v) is 5.45. The van der Waals surface area contributed by atoms with Crippen molar-refractivity contribution in [3.05, 3.63) is 36.7 Å². The predicted octanol–water partition coefficient (Wildman–Crippen LogP) is 2.25. The molecule has 0 fully saturated rings. The summed E-state index contributed by atoms with van der Waals surface area (Å²) < 4.78 is 36.8. The van der Waals surface area contributed by atoms with Gasteiger partial charge in [-0.05, 0) is 25.5 Å². The van der Waals surface area contributed by atoms with E-state index in [0.717, 1.165) is 0 Å². The number of nitrogens with two attached hydrogens (primary N) is 1. The minimum absolute atomic E-state index is 0.0127. The fourth-order valence-electron chi connectivity index (χ4n) is 1.91. The lowest BCUT2D eigenvalue weighted by molar-refractivity contribution is 0.464. The monoisotopic (exact) mass is 309 g/mol. The van der Waals surface area contributed by atoms with Gasteiger partial charge in [-0.1, -0.05) is 12.1 Å². The molecule has 5 nitrogen and oxygen atoms in total. The van der Waals surface area contributed by atoms with Crippen molar-refractivity contribution < 1.29 is 12.8 Å². The fourth-order valence-corrected chi connectivity index (χ4v) is 3.29. The van der Waals surface area contributed by atoms with Crippen molar-refractivity contribution in [3.63, 3.8) is 0 Å². The van der Waals surface area contributed by atoms with Gasteiger partial charge >= 0.3 is 0 Å². The minimum Gasteiger partial charge on any atom is -0.382 e. The Labute approximate surface area is 123 Å². The number of benzene rings is 1. The molecule has 2 N–H and O–H groups in total. The smallest absolute Gasteiger partial charge is 0.181 e. The number of alkyl halides is 1. The Bertz CT molecular complexity index is 717. The van der Waals surface area contributed by atoms with Crippen LogP contribution in [0.2, 0.25) is 0 Å². The number of anilines is 1. The number of hydrogen-bond donors (Lipinski definition) is 1. The van der Waals surface area contributed by atoms with E-state index in [4.69, 9.17) is 5.73 Å². The summed E-state index contributed by atoms with van der Waals surface area (Å²) in [5, 5.41) is -0.755. The van der Waals surface area contributed by atoms with Gasteiger partial charge in [-0.15, -0.1) is 0 Å². The van der Waals surface area contributed by atoms with Gasteiger partial charge in [0.15, 0.2) is 9.84 Å². The summed E-state index contributed by atoms with van der Waals surface area (Å²) in [6, 6.07) is 6.20. The zero-order valence-electron chi connectivity index (χ0n) is 11.5. The maximum absolute atomic E-state index is 12.3. The van der Waals surface area contributed by atoms with E-state index in [9.17, 15) is 12.8 Å². The van der Waals surface area contributed by atoms with Gasteiger partial charge in [-0.2, -0.15) is 0 Å². The lowest BCUT2D eigenvalue weighted by Gasteiger charge is -2.11. The largest absolute Gasteiger partial charge is 0.382 e. The molecule has 0 saturated carbocycles. The molecule has 0 bridgehead atoms. The molecular weight excluding hydrogens is 293 g/mol. The molecule has 0 aliphatic carbocycles. The summed E-state index contributed by atoms with van der Waals surface area (Å²) in [7, 11) is -3.52. The molecule has 2 rings (SSSR count). The highest BCUT2D eigenvalue weighted by atomic mass is 32.2. The number of hydrogen-bond acceptors (Lipinski definition) is 5. The summed E-state index contributed by atoms with van der Waals surface area (Å²) in [5.74, 6) is 0.277. The molecule has 2 aromatic rings. The van der Waals surface area contributed by atoms with Crippen LogP contribution in [-0.4, -0.2) is 30.3 Å². The molecule has 0 aliphatic rings. The van der Waals surface area contributed by atoms with Crippen molar-refractivity contribution >= 4 is 15.7 Å². The topological polar surface area (TPSA) is 85.9 Å². The van der Waals surface area contributed by atoms with Crippen LogP contribution in [0.1, 0.15) is 13.3 Å². The Morgan fingerprint density at radius 2 is 1.81 bits per heavy atom. The quantitative estimate of drug-likeness (QED) is 0.915. The maximum Gasteiger partial charge on any atom is 0.181 e. The van der Waals surface area contributed by atoms with Gasteiger partial charge in [0.25, 0.3) is 0 Å². The first-order chi connectivity index (χ1) is 9.96. The third-order valence-electron chi connectivity index (χ3n) is 3.23. The van der Waals surface area contributed by atoms with Crippen molar-refractivity contribution in [2.75, 3.05) is 12.4 Å². The van der Waals surface area contributed by atoms with E-state index in [1.807, 2.05) is 0 Å². The van der Waals surface area contributed by atoms with Crippen molar-refractivity contribution in [3.8, 4) is 11.3 Å². The van der Waals surface area contributed by atoms with Crippen LogP contribution in [0.5, 0.6) is 0 Å². The molecular formula is C14H16FN3O2S. The lowest BCUT2D eigenvalue weighted by atomic mass is 10.1. The summed E-state index contributed by atoms with van der Waals surface area (Å²) in [6.45, 7) is 0.845. The van der Waals surface area contributed by atoms with Crippen molar-refractivity contribution in [2.24, 2.45) is 0 Å². The third kappa shape index (κ3) is 3.18. The van der Waals surface area contributed by atoms with Crippen LogP contribution in [0.25, 0.3) is 11.3 Å². The number of rotatable bonds is 5. The van der Waals surface area contributed by atoms with Gasteiger partial charge in [-0.3, -0.25) is 9.37 Å². The number of sulfone groups is 1. The SMILES string of the molecule is CC(CCF)S(=O)(=O)c1ccc(-c2nccnc2N)cc1. The van der Waals surface area contributed by atoms with E-state index in [1.54, 1.807) is 12.1 Å². The predicted molar refractivity (Wildman–Crippen MR) is 79.1 cm³/mol. The Morgan fingerprint density at radius 3 is 2.38 bits per heavy atom. The lowest BCUT2D eigenvalue weighted by Crippen LogP contribution is -2.18. The molecule has 21 heavy (non-hydrogen) atoms. The van der Waals surface area contributed by atoms with Crippen LogP contribution in [0.4, 0.5) is 10.2 Å². The molecule has 1 aromatic carbocycles. The van der Waals surface area contributed by atoms with Gasteiger partial charge < -0.3 is 5.73 Å². The van der Waals surface area contributed by atoms with Gasteiger partial charge in [0.1, 0.15) is 11.5 Å². The molecule has 0 amide bonds. The Kier molecular flexibility index (Phi) is 4.52. The number of halogens is 1. The molecule has 0 aliphatic heterocycles. The molecule has 0 radical (unpaired) electrons. The summed E-state index contributed by atoms with van der Waals surface area (Å²) in [4.78, 5) is 8.21. The van der Waals surface area contributed by atoms with Crippen LogP contribution < -0.4 is 5.73 Å². The molecule has 0 spiro atoms. The molecule has 1 heterocycles. The summed E-state index contributed by atoms with van der Waals surface area (Å²) in [5.41, 5.74) is 6.91. The average Bonchev–Trinajstić information content (AvgIpc) is 2.48. The Hall–Kier alpha value is -2.02. The molecule has 1 atom stereocenters. The van der Waals surface area contributed by atoms with Crippen LogP contribution in [0, 0.1) is 0 Å². The van der Waals surface area contributed by atoms with Crippen LogP contribution in [-0.2, 0) is 9.84 Å². The number of aromatic nitrogens is 2. The first-order valence-electron chi connectivity index (χ1n) is 6.43. The van der Waals surface area contributed by atoms with Gasteiger partial charge in [0.2, 0.25) is 0 Å². The first kappa shape index (κ1) is 15.4. The summed E-state index contributed by atoms with van der Waals surface area (Å²) >= 11 is 0. The van der Waals surface area contributed by atoms with E-state index in [2.05, 4.69) is 9.97 Å².